The van der Waals surface area contributed by atoms with Crippen molar-refractivity contribution in [2.45, 2.75) is 6.04 Å². The first-order chi connectivity index (χ1) is 8.95. The Bertz CT molecular complexity index is 423. The number of hydrogen-bond donors (Lipinski definition) is 1. The fourth-order valence-electron chi connectivity index (χ4n) is 1.73. The molecule has 0 radical (unpaired) electrons. The molecule has 6 heteroatoms. The second kappa shape index (κ2) is 7.06. The molecule has 2 N–H and O–H groups in total. The summed E-state index contributed by atoms with van der Waals surface area (Å²) in [7, 11) is 6.96. The zero-order chi connectivity index (χ0) is 14.4. The molecule has 0 aliphatic carbocycles. The summed E-state index contributed by atoms with van der Waals surface area (Å²) in [5, 5.41) is 0. The van der Waals surface area contributed by atoms with Crippen LogP contribution in [0.1, 0.15) is 10.5 Å². The van der Waals surface area contributed by atoms with Crippen LogP contribution in [0.5, 0.6) is 0 Å². The second-order valence-electron chi connectivity index (χ2n) is 4.69. The van der Waals surface area contributed by atoms with Gasteiger partial charge in [0.15, 0.2) is 0 Å². The molecule has 0 aliphatic rings. The van der Waals surface area contributed by atoms with Crippen LogP contribution in [0.15, 0.2) is 18.3 Å². The van der Waals surface area contributed by atoms with Gasteiger partial charge >= 0.3 is 0 Å². The van der Waals surface area contributed by atoms with E-state index in [0.717, 1.165) is 5.69 Å². The van der Waals surface area contributed by atoms with Crippen molar-refractivity contribution in [2.24, 2.45) is 5.73 Å². The Labute approximate surface area is 114 Å². The van der Waals surface area contributed by atoms with Gasteiger partial charge in [-0.25, -0.2) is 0 Å². The molecule has 1 atom stereocenters. The molecule has 0 spiro atoms. The SMILES string of the molecule is COCC(N)CN(C)c1ccnc(C(=O)N(C)C)c1. The monoisotopic (exact) mass is 266 g/mol. The van der Waals surface area contributed by atoms with Crippen molar-refractivity contribution in [1.29, 1.82) is 0 Å². The van der Waals surface area contributed by atoms with Crippen molar-refractivity contribution >= 4 is 11.6 Å². The molecule has 0 aliphatic heterocycles. The molecule has 106 valence electrons. The lowest BCUT2D eigenvalue weighted by molar-refractivity contribution is 0.0822. The van der Waals surface area contributed by atoms with Crippen LogP contribution in [0.3, 0.4) is 0 Å². The summed E-state index contributed by atoms with van der Waals surface area (Å²) in [4.78, 5) is 19.4. The highest BCUT2D eigenvalue weighted by atomic mass is 16.5. The Balaban J connectivity index is 2.78. The molecule has 1 unspecified atom stereocenters. The summed E-state index contributed by atoms with van der Waals surface area (Å²) in [5.74, 6) is -0.114. The zero-order valence-electron chi connectivity index (χ0n) is 12.0. The van der Waals surface area contributed by atoms with Crippen LogP contribution in [0.25, 0.3) is 0 Å². The van der Waals surface area contributed by atoms with Gasteiger partial charge in [-0.15, -0.1) is 0 Å². The van der Waals surface area contributed by atoms with Gasteiger partial charge in [0.05, 0.1) is 6.61 Å². The first-order valence-corrected chi connectivity index (χ1v) is 6.09. The molecule has 0 fully saturated rings. The average molecular weight is 266 g/mol. The Kier molecular flexibility index (Phi) is 5.72. The highest BCUT2D eigenvalue weighted by molar-refractivity contribution is 5.92. The van der Waals surface area contributed by atoms with Gasteiger partial charge in [-0.3, -0.25) is 9.78 Å². The van der Waals surface area contributed by atoms with Crippen molar-refractivity contribution in [3.8, 4) is 0 Å². The summed E-state index contributed by atoms with van der Waals surface area (Å²) < 4.78 is 5.01. The van der Waals surface area contributed by atoms with Gasteiger partial charge < -0.3 is 20.3 Å². The molecule has 0 saturated heterocycles. The third-order valence-electron chi connectivity index (χ3n) is 2.70. The van der Waals surface area contributed by atoms with E-state index in [0.29, 0.717) is 18.8 Å². The number of ether oxygens (including phenoxy) is 1. The molecular formula is C13H22N4O2. The van der Waals surface area contributed by atoms with Crippen LogP contribution in [-0.4, -0.2) is 63.2 Å². The lowest BCUT2D eigenvalue weighted by atomic mass is 10.2. The predicted molar refractivity (Wildman–Crippen MR) is 75.4 cm³/mol. The van der Waals surface area contributed by atoms with E-state index < -0.39 is 0 Å². The van der Waals surface area contributed by atoms with Gasteiger partial charge in [0.25, 0.3) is 5.91 Å². The molecule has 1 heterocycles. The summed E-state index contributed by atoms with van der Waals surface area (Å²) in [6, 6.07) is 3.55. The number of pyridine rings is 1. The maximum Gasteiger partial charge on any atom is 0.272 e. The number of amides is 1. The van der Waals surface area contributed by atoms with Crippen molar-refractivity contribution in [3.05, 3.63) is 24.0 Å². The highest BCUT2D eigenvalue weighted by Gasteiger charge is 2.12. The van der Waals surface area contributed by atoms with E-state index in [4.69, 9.17) is 10.5 Å². The fraction of sp³-hybridized carbons (Fsp3) is 0.538. The minimum absolute atomic E-state index is 0.0730. The van der Waals surface area contributed by atoms with Gasteiger partial charge in [0, 0.05) is 52.7 Å². The Hall–Kier alpha value is -1.66. The van der Waals surface area contributed by atoms with E-state index in [1.165, 1.54) is 4.90 Å². The minimum atomic E-state index is -0.114. The molecule has 19 heavy (non-hydrogen) atoms. The normalized spacial score (nSPS) is 12.1. The number of likely N-dealkylation sites (N-methyl/N-ethyl adjacent to an activating group) is 1. The maximum absolute atomic E-state index is 11.8. The van der Waals surface area contributed by atoms with Crippen molar-refractivity contribution in [3.63, 3.8) is 0 Å². The van der Waals surface area contributed by atoms with E-state index in [9.17, 15) is 4.79 Å². The molecular weight excluding hydrogens is 244 g/mol. The summed E-state index contributed by atoms with van der Waals surface area (Å²) >= 11 is 0. The van der Waals surface area contributed by atoms with Crippen LogP contribution in [0.4, 0.5) is 5.69 Å². The maximum atomic E-state index is 11.8. The number of carbonyl (C=O) groups is 1. The van der Waals surface area contributed by atoms with Gasteiger partial charge in [-0.2, -0.15) is 0 Å². The third kappa shape index (κ3) is 4.50. The minimum Gasteiger partial charge on any atom is -0.383 e. The number of hydrogen-bond acceptors (Lipinski definition) is 5. The number of nitrogens with zero attached hydrogens (tertiary/aromatic N) is 3. The van der Waals surface area contributed by atoms with E-state index in [1.54, 1.807) is 33.5 Å². The Morgan fingerprint density at radius 2 is 2.16 bits per heavy atom. The molecule has 0 bridgehead atoms. The standard InChI is InChI=1S/C13H22N4O2/c1-16(2)13(18)12-7-11(5-6-15-12)17(3)8-10(14)9-19-4/h5-7,10H,8-9,14H2,1-4H3. The molecule has 1 rings (SSSR count). The average Bonchev–Trinajstić information content (AvgIpc) is 2.38. The number of anilines is 1. The first-order valence-electron chi connectivity index (χ1n) is 6.09. The number of nitrogens with two attached hydrogens (primary N) is 1. The lowest BCUT2D eigenvalue weighted by Crippen LogP contribution is -2.38. The van der Waals surface area contributed by atoms with Crippen LogP contribution in [0.2, 0.25) is 0 Å². The Morgan fingerprint density at radius 3 is 2.74 bits per heavy atom. The van der Waals surface area contributed by atoms with Crippen molar-refractivity contribution in [1.82, 2.24) is 9.88 Å². The molecule has 6 nitrogen and oxygen atoms in total. The molecule has 1 aromatic heterocycles. The largest absolute Gasteiger partial charge is 0.383 e. The number of rotatable bonds is 6. The molecule has 1 amide bonds. The second-order valence-corrected chi connectivity index (χ2v) is 4.69. The molecule has 0 aromatic carbocycles. The first kappa shape index (κ1) is 15.4. The third-order valence-corrected chi connectivity index (χ3v) is 2.70. The van der Waals surface area contributed by atoms with Gasteiger partial charge in [0.2, 0.25) is 0 Å². The predicted octanol–water partition coefficient (Wildman–Crippen LogP) is 0.193. The summed E-state index contributed by atoms with van der Waals surface area (Å²) in [5.41, 5.74) is 7.25. The van der Waals surface area contributed by atoms with E-state index in [-0.39, 0.29) is 11.9 Å². The van der Waals surface area contributed by atoms with Gasteiger partial charge in [-0.1, -0.05) is 0 Å². The summed E-state index contributed by atoms with van der Waals surface area (Å²) in [6.45, 7) is 1.15. The Morgan fingerprint density at radius 1 is 1.47 bits per heavy atom. The number of methoxy groups -OCH3 is 1. The van der Waals surface area contributed by atoms with Crippen molar-refractivity contribution < 1.29 is 9.53 Å². The smallest absolute Gasteiger partial charge is 0.272 e. The van der Waals surface area contributed by atoms with Gasteiger partial charge in [0.1, 0.15) is 5.69 Å². The fourth-order valence-corrected chi connectivity index (χ4v) is 1.73. The van der Waals surface area contributed by atoms with Crippen LogP contribution >= 0.6 is 0 Å². The quantitative estimate of drug-likeness (QED) is 0.796. The lowest BCUT2D eigenvalue weighted by Gasteiger charge is -2.23. The summed E-state index contributed by atoms with van der Waals surface area (Å²) in [6.07, 6.45) is 1.63. The van der Waals surface area contributed by atoms with E-state index in [1.807, 2.05) is 18.0 Å². The van der Waals surface area contributed by atoms with E-state index in [2.05, 4.69) is 4.98 Å². The van der Waals surface area contributed by atoms with Crippen molar-refractivity contribution in [2.75, 3.05) is 46.3 Å². The number of aromatic nitrogens is 1. The number of carbonyl (C=O) groups excluding carboxylic acids is 1. The molecule has 1 aromatic rings. The van der Waals surface area contributed by atoms with Crippen LogP contribution in [-0.2, 0) is 4.74 Å². The topological polar surface area (TPSA) is 71.7 Å². The van der Waals surface area contributed by atoms with Crippen LogP contribution < -0.4 is 10.6 Å². The van der Waals surface area contributed by atoms with E-state index >= 15 is 0 Å². The molecule has 0 saturated carbocycles. The zero-order valence-corrected chi connectivity index (χ0v) is 12.0. The van der Waals surface area contributed by atoms with Crippen LogP contribution in [0, 0.1) is 0 Å². The highest BCUT2D eigenvalue weighted by Crippen LogP contribution is 2.13. The van der Waals surface area contributed by atoms with Gasteiger partial charge in [-0.05, 0) is 12.1 Å².